The molecule has 0 unspecified atom stereocenters. The number of carboxylic acid groups (broad SMARTS) is 1. The summed E-state index contributed by atoms with van der Waals surface area (Å²) in [6, 6.07) is 12.9. The van der Waals surface area contributed by atoms with E-state index in [0.29, 0.717) is 17.0 Å². The molecule has 8 heteroatoms. The van der Waals surface area contributed by atoms with Crippen LogP contribution in [0.15, 0.2) is 53.7 Å². The van der Waals surface area contributed by atoms with E-state index in [4.69, 9.17) is 0 Å². The lowest BCUT2D eigenvalue weighted by Crippen LogP contribution is -1.96. The number of carboxylic acids is 1. The van der Waals surface area contributed by atoms with Crippen LogP contribution in [-0.2, 0) is 0 Å². The van der Waals surface area contributed by atoms with Crippen molar-refractivity contribution in [2.45, 2.75) is 4.90 Å². The van der Waals surface area contributed by atoms with Crippen molar-refractivity contribution >= 4 is 51.4 Å². The smallest absolute Gasteiger partial charge is 0.335 e. The van der Waals surface area contributed by atoms with Gasteiger partial charge in [-0.25, -0.2) is 14.8 Å². The van der Waals surface area contributed by atoms with Gasteiger partial charge in [-0.2, -0.15) is 0 Å². The lowest BCUT2D eigenvalue weighted by molar-refractivity contribution is 0.0697. The molecule has 4 N–H and O–H groups in total. The summed E-state index contributed by atoms with van der Waals surface area (Å²) in [5, 5.41) is 14.2. The summed E-state index contributed by atoms with van der Waals surface area (Å²) in [4.78, 5) is 24.1. The van der Waals surface area contributed by atoms with E-state index in [1.807, 2.05) is 31.3 Å². The summed E-state index contributed by atoms with van der Waals surface area (Å²) in [7, 11) is 1.87. The van der Waals surface area contributed by atoms with Crippen molar-refractivity contribution < 1.29 is 9.90 Å². The van der Waals surface area contributed by atoms with Crippen LogP contribution >= 0.6 is 11.9 Å². The Balaban J connectivity index is 1.81. The zero-order valence-electron chi connectivity index (χ0n) is 13.8. The van der Waals surface area contributed by atoms with Crippen molar-refractivity contribution in [2.24, 2.45) is 0 Å². The first-order valence-electron chi connectivity index (χ1n) is 7.86. The topological polar surface area (TPSA) is 103 Å². The average Bonchev–Trinajstić information content (AvgIpc) is 3.01. The number of nitrogens with zero attached hydrogens (tertiary/aromatic N) is 2. The molecule has 4 rings (SSSR count). The molecule has 26 heavy (non-hydrogen) atoms. The van der Waals surface area contributed by atoms with Gasteiger partial charge < -0.3 is 15.4 Å². The molecule has 0 atom stereocenters. The van der Waals surface area contributed by atoms with Crippen molar-refractivity contribution in [3.63, 3.8) is 0 Å². The first kappa shape index (κ1) is 16.4. The maximum absolute atomic E-state index is 11.2. The minimum Gasteiger partial charge on any atom is -0.478 e. The van der Waals surface area contributed by atoms with Crippen molar-refractivity contribution in [3.8, 4) is 0 Å². The van der Waals surface area contributed by atoms with E-state index in [1.165, 1.54) is 18.3 Å². The lowest BCUT2D eigenvalue weighted by atomic mass is 10.1. The second-order valence-corrected chi connectivity index (χ2v) is 6.68. The van der Waals surface area contributed by atoms with E-state index in [1.54, 1.807) is 18.2 Å². The van der Waals surface area contributed by atoms with Crippen LogP contribution in [0.5, 0.6) is 0 Å². The zero-order valence-corrected chi connectivity index (χ0v) is 14.6. The standard InChI is InChI=1S/C18H15N5O2S/c1-19-26-12-4-2-3-11(8-12)22-16-15-13-6-5-10(18(24)25)7-14(13)23-17(15)21-9-20-16/h2-9,19H,1H3,(H,24,25)(H2,20,21,22,23). The summed E-state index contributed by atoms with van der Waals surface area (Å²) in [6.45, 7) is 0. The highest BCUT2D eigenvalue weighted by Gasteiger charge is 2.13. The molecule has 0 aliphatic heterocycles. The van der Waals surface area contributed by atoms with Crippen LogP contribution in [0.4, 0.5) is 11.5 Å². The van der Waals surface area contributed by atoms with Gasteiger partial charge in [0.25, 0.3) is 0 Å². The molecule has 2 aromatic heterocycles. The Hall–Kier alpha value is -3.10. The molecule has 0 spiro atoms. The molecule has 0 aliphatic rings. The molecule has 0 fully saturated rings. The summed E-state index contributed by atoms with van der Waals surface area (Å²) in [5.41, 5.74) is 2.49. The highest BCUT2D eigenvalue weighted by atomic mass is 32.2. The van der Waals surface area contributed by atoms with Crippen LogP contribution in [0.25, 0.3) is 21.9 Å². The molecule has 0 aliphatic carbocycles. The minimum absolute atomic E-state index is 0.225. The Morgan fingerprint density at radius 1 is 1.19 bits per heavy atom. The van der Waals surface area contributed by atoms with E-state index in [0.717, 1.165) is 21.4 Å². The number of aromatic carboxylic acids is 1. The number of nitrogens with one attached hydrogen (secondary N) is 3. The normalized spacial score (nSPS) is 11.1. The summed E-state index contributed by atoms with van der Waals surface area (Å²) >= 11 is 1.53. The number of benzene rings is 2. The molecular weight excluding hydrogens is 350 g/mol. The van der Waals surface area contributed by atoms with Crippen LogP contribution in [-0.4, -0.2) is 33.1 Å². The van der Waals surface area contributed by atoms with E-state index < -0.39 is 5.97 Å². The Morgan fingerprint density at radius 3 is 2.88 bits per heavy atom. The largest absolute Gasteiger partial charge is 0.478 e. The van der Waals surface area contributed by atoms with E-state index in [9.17, 15) is 9.90 Å². The Bertz CT molecular complexity index is 1130. The quantitative estimate of drug-likeness (QED) is 0.399. The van der Waals surface area contributed by atoms with Crippen LogP contribution in [0.2, 0.25) is 0 Å². The van der Waals surface area contributed by atoms with Crippen LogP contribution in [0, 0.1) is 0 Å². The van der Waals surface area contributed by atoms with Gasteiger partial charge in [0, 0.05) is 21.5 Å². The maximum atomic E-state index is 11.2. The van der Waals surface area contributed by atoms with Gasteiger partial charge in [-0.3, -0.25) is 4.72 Å². The number of aromatic nitrogens is 3. The monoisotopic (exact) mass is 365 g/mol. The Morgan fingerprint density at radius 2 is 2.08 bits per heavy atom. The second-order valence-electron chi connectivity index (χ2n) is 5.60. The van der Waals surface area contributed by atoms with Gasteiger partial charge in [0.05, 0.1) is 10.9 Å². The zero-order chi connectivity index (χ0) is 18.1. The average molecular weight is 365 g/mol. The van der Waals surface area contributed by atoms with Crippen molar-refractivity contribution in [1.82, 2.24) is 19.7 Å². The third-order valence-corrected chi connectivity index (χ3v) is 4.65. The number of rotatable bonds is 5. The number of hydrogen-bond donors (Lipinski definition) is 4. The predicted octanol–water partition coefficient (Wildman–Crippen LogP) is 3.78. The molecule has 0 radical (unpaired) electrons. The molecule has 0 amide bonds. The molecule has 0 saturated carbocycles. The number of hydrogen-bond acceptors (Lipinski definition) is 6. The van der Waals surface area contributed by atoms with Crippen molar-refractivity contribution in [1.29, 1.82) is 0 Å². The number of aromatic amines is 1. The summed E-state index contributed by atoms with van der Waals surface area (Å²) < 4.78 is 3.05. The molecule has 4 aromatic rings. The van der Waals surface area contributed by atoms with E-state index in [-0.39, 0.29) is 5.56 Å². The first-order chi connectivity index (χ1) is 12.7. The first-order valence-corrected chi connectivity index (χ1v) is 8.68. The highest BCUT2D eigenvalue weighted by molar-refractivity contribution is 7.97. The molecule has 0 bridgehead atoms. The van der Waals surface area contributed by atoms with Gasteiger partial charge in [0.1, 0.15) is 17.8 Å². The van der Waals surface area contributed by atoms with Crippen molar-refractivity contribution in [3.05, 3.63) is 54.4 Å². The number of H-pyrrole nitrogens is 1. The fourth-order valence-corrected chi connectivity index (χ4v) is 3.42. The van der Waals surface area contributed by atoms with Gasteiger partial charge in [0.2, 0.25) is 0 Å². The molecule has 7 nitrogen and oxygen atoms in total. The maximum Gasteiger partial charge on any atom is 0.335 e. The summed E-state index contributed by atoms with van der Waals surface area (Å²) in [5.74, 6) is -0.301. The SMILES string of the molecule is CNSc1cccc(Nc2ncnc3[nH]c4cc(C(=O)O)ccc4c23)c1. The van der Waals surface area contributed by atoms with Gasteiger partial charge >= 0.3 is 5.97 Å². The van der Waals surface area contributed by atoms with Gasteiger partial charge in [0.15, 0.2) is 0 Å². The predicted molar refractivity (Wildman–Crippen MR) is 103 cm³/mol. The molecule has 0 saturated heterocycles. The molecule has 2 heterocycles. The fraction of sp³-hybridized carbons (Fsp3) is 0.0556. The van der Waals surface area contributed by atoms with Crippen LogP contribution < -0.4 is 10.0 Å². The fourth-order valence-electron chi connectivity index (χ4n) is 2.85. The van der Waals surface area contributed by atoms with Gasteiger partial charge in [-0.05, 0) is 49.3 Å². The molecule has 130 valence electrons. The third kappa shape index (κ3) is 2.96. The van der Waals surface area contributed by atoms with Crippen LogP contribution in [0.1, 0.15) is 10.4 Å². The van der Waals surface area contributed by atoms with Crippen molar-refractivity contribution in [2.75, 3.05) is 12.4 Å². The highest BCUT2D eigenvalue weighted by Crippen LogP contribution is 2.31. The third-order valence-electron chi connectivity index (χ3n) is 3.95. The Kier molecular flexibility index (Phi) is 4.19. The number of fused-ring (bicyclic) bond motifs is 3. The van der Waals surface area contributed by atoms with Gasteiger partial charge in [-0.15, -0.1) is 0 Å². The van der Waals surface area contributed by atoms with Gasteiger partial charge in [-0.1, -0.05) is 12.1 Å². The Labute approximate surface area is 153 Å². The lowest BCUT2D eigenvalue weighted by Gasteiger charge is -2.08. The molecule has 2 aromatic carbocycles. The second kappa shape index (κ2) is 6.66. The number of carbonyl (C=O) groups is 1. The van der Waals surface area contributed by atoms with E-state index >= 15 is 0 Å². The summed E-state index contributed by atoms with van der Waals surface area (Å²) in [6.07, 6.45) is 1.48. The minimum atomic E-state index is -0.964. The number of anilines is 2. The molecular formula is C18H15N5O2S. The van der Waals surface area contributed by atoms with E-state index in [2.05, 4.69) is 25.0 Å². The van der Waals surface area contributed by atoms with Crippen LogP contribution in [0.3, 0.4) is 0 Å².